The van der Waals surface area contributed by atoms with Gasteiger partial charge in [-0.1, -0.05) is 17.7 Å². The molecule has 1 fully saturated rings. The lowest BCUT2D eigenvalue weighted by atomic mass is 10.1. The molecular formula is C15H22ClFN2O2. The second-order valence-electron chi connectivity index (χ2n) is 5.72. The number of aliphatic hydroxyl groups is 1. The van der Waals surface area contributed by atoms with Crippen molar-refractivity contribution in [2.45, 2.75) is 19.1 Å². The van der Waals surface area contributed by atoms with Crippen LogP contribution < -0.4 is 5.32 Å². The van der Waals surface area contributed by atoms with Crippen LogP contribution in [0, 0.1) is 5.82 Å². The predicted molar refractivity (Wildman–Crippen MR) is 81.0 cm³/mol. The molecule has 1 atom stereocenters. The number of nitrogens with one attached hydrogen (secondary N) is 1. The molecular weight excluding hydrogens is 295 g/mol. The summed E-state index contributed by atoms with van der Waals surface area (Å²) in [5.74, 6) is -0.344. The van der Waals surface area contributed by atoms with Crippen molar-refractivity contribution in [3.8, 4) is 0 Å². The molecule has 1 saturated heterocycles. The number of halogens is 2. The lowest BCUT2D eigenvalue weighted by Gasteiger charge is -2.34. The highest BCUT2D eigenvalue weighted by atomic mass is 35.5. The Bertz CT molecular complexity index is 465. The highest BCUT2D eigenvalue weighted by molar-refractivity contribution is 6.31. The molecule has 21 heavy (non-hydrogen) atoms. The summed E-state index contributed by atoms with van der Waals surface area (Å²) >= 11 is 5.97. The first kappa shape index (κ1) is 16.6. The van der Waals surface area contributed by atoms with E-state index in [0.29, 0.717) is 37.9 Å². The average molecular weight is 317 g/mol. The third kappa shape index (κ3) is 5.52. The maximum atomic E-state index is 13.0. The van der Waals surface area contributed by atoms with Crippen molar-refractivity contribution >= 4 is 11.6 Å². The molecule has 1 aromatic rings. The monoisotopic (exact) mass is 316 g/mol. The van der Waals surface area contributed by atoms with Gasteiger partial charge in [0, 0.05) is 37.7 Å². The summed E-state index contributed by atoms with van der Waals surface area (Å²) in [7, 11) is 0. The Balaban J connectivity index is 1.78. The largest absolute Gasteiger partial charge is 0.388 e. The van der Waals surface area contributed by atoms with Crippen molar-refractivity contribution in [1.29, 1.82) is 0 Å². The number of morpholine rings is 1. The van der Waals surface area contributed by atoms with Gasteiger partial charge in [0.2, 0.25) is 0 Å². The van der Waals surface area contributed by atoms with Gasteiger partial charge in [-0.05, 0) is 24.6 Å². The number of hydrogen-bond donors (Lipinski definition) is 2. The van der Waals surface area contributed by atoms with Gasteiger partial charge in [0.25, 0.3) is 0 Å². The molecule has 0 aromatic heterocycles. The molecule has 0 radical (unpaired) electrons. The molecule has 1 aliphatic heterocycles. The normalized spacial score (nSPS) is 19.4. The van der Waals surface area contributed by atoms with E-state index in [1.54, 1.807) is 6.07 Å². The first-order valence-electron chi connectivity index (χ1n) is 7.13. The average Bonchev–Trinajstić information content (AvgIpc) is 2.42. The maximum Gasteiger partial charge on any atom is 0.124 e. The fourth-order valence-electron chi connectivity index (χ4n) is 2.43. The van der Waals surface area contributed by atoms with Gasteiger partial charge < -0.3 is 15.2 Å². The zero-order valence-corrected chi connectivity index (χ0v) is 13.0. The van der Waals surface area contributed by atoms with Crippen LogP contribution >= 0.6 is 11.6 Å². The first-order valence-corrected chi connectivity index (χ1v) is 7.51. The second kappa shape index (κ2) is 7.51. The fraction of sp³-hybridized carbons (Fsp3) is 0.600. The van der Waals surface area contributed by atoms with E-state index in [0.717, 1.165) is 18.7 Å². The molecule has 2 N–H and O–H groups in total. The molecule has 1 unspecified atom stereocenters. The van der Waals surface area contributed by atoms with Gasteiger partial charge in [-0.15, -0.1) is 0 Å². The molecule has 118 valence electrons. The summed E-state index contributed by atoms with van der Waals surface area (Å²) < 4.78 is 18.3. The van der Waals surface area contributed by atoms with E-state index in [1.807, 2.05) is 6.92 Å². The molecule has 1 aliphatic rings. The number of rotatable bonds is 6. The molecule has 0 saturated carbocycles. The van der Waals surface area contributed by atoms with Gasteiger partial charge in [0.1, 0.15) is 5.82 Å². The minimum atomic E-state index is -0.830. The van der Waals surface area contributed by atoms with Crippen molar-refractivity contribution in [2.75, 3.05) is 39.4 Å². The number of β-amino-alcohol motifs (C(OH)–C–C–N with tert-alkyl or cyclic N) is 1. The topological polar surface area (TPSA) is 44.7 Å². The summed E-state index contributed by atoms with van der Waals surface area (Å²) in [6, 6.07) is 4.33. The second-order valence-corrected chi connectivity index (χ2v) is 6.13. The molecule has 4 nitrogen and oxygen atoms in total. The standard InChI is InChI=1S/C15H22ClFN2O2/c1-15(20,11-19-4-6-21-7-5-19)10-18-9-12-2-3-13(17)8-14(12)16/h2-3,8,18,20H,4-7,9-11H2,1H3. The zero-order valence-electron chi connectivity index (χ0n) is 12.2. The van der Waals surface area contributed by atoms with Crippen molar-refractivity contribution in [2.24, 2.45) is 0 Å². The van der Waals surface area contributed by atoms with Crippen molar-refractivity contribution in [3.05, 3.63) is 34.6 Å². The number of ether oxygens (including phenoxy) is 1. The molecule has 1 heterocycles. The van der Waals surface area contributed by atoms with Crippen LogP contribution in [0.15, 0.2) is 18.2 Å². The number of nitrogens with zero attached hydrogens (tertiary/aromatic N) is 1. The third-order valence-corrected chi connectivity index (χ3v) is 3.86. The highest BCUT2D eigenvalue weighted by Gasteiger charge is 2.24. The molecule has 6 heteroatoms. The molecule has 0 aliphatic carbocycles. The Morgan fingerprint density at radius 2 is 2.14 bits per heavy atom. The lowest BCUT2D eigenvalue weighted by Crippen LogP contribution is -2.50. The summed E-state index contributed by atoms with van der Waals surface area (Å²) in [4.78, 5) is 2.19. The zero-order chi connectivity index (χ0) is 15.3. The SMILES string of the molecule is CC(O)(CNCc1ccc(F)cc1Cl)CN1CCOCC1. The summed E-state index contributed by atoms with van der Waals surface area (Å²) in [6.45, 7) is 6.47. The van der Waals surface area contributed by atoms with Gasteiger partial charge in [-0.25, -0.2) is 4.39 Å². The van der Waals surface area contributed by atoms with Gasteiger partial charge in [-0.2, -0.15) is 0 Å². The quantitative estimate of drug-likeness (QED) is 0.838. The first-order chi connectivity index (χ1) is 9.96. The van der Waals surface area contributed by atoms with E-state index in [-0.39, 0.29) is 5.82 Å². The number of benzene rings is 1. The van der Waals surface area contributed by atoms with Crippen molar-refractivity contribution in [3.63, 3.8) is 0 Å². The smallest absolute Gasteiger partial charge is 0.124 e. The third-order valence-electron chi connectivity index (χ3n) is 3.50. The van der Waals surface area contributed by atoms with Crippen LogP contribution in [0.25, 0.3) is 0 Å². The predicted octanol–water partition coefficient (Wildman–Crippen LogP) is 1.65. The fourth-order valence-corrected chi connectivity index (χ4v) is 2.66. The highest BCUT2D eigenvalue weighted by Crippen LogP contribution is 2.17. The molecule has 0 amide bonds. The van der Waals surface area contributed by atoms with E-state index in [9.17, 15) is 9.50 Å². The van der Waals surface area contributed by atoms with Crippen molar-refractivity contribution < 1.29 is 14.2 Å². The van der Waals surface area contributed by atoms with Gasteiger partial charge >= 0.3 is 0 Å². The number of hydrogen-bond acceptors (Lipinski definition) is 4. The molecule has 0 bridgehead atoms. The van der Waals surface area contributed by atoms with Crippen LogP contribution in [-0.4, -0.2) is 55.0 Å². The Labute approximate surface area is 129 Å². The van der Waals surface area contributed by atoms with Gasteiger partial charge in [0.15, 0.2) is 0 Å². The molecule has 0 spiro atoms. The van der Waals surface area contributed by atoms with Crippen LogP contribution in [0.3, 0.4) is 0 Å². The van der Waals surface area contributed by atoms with E-state index in [4.69, 9.17) is 16.3 Å². The molecule has 1 aromatic carbocycles. The van der Waals surface area contributed by atoms with E-state index in [2.05, 4.69) is 10.2 Å². The lowest BCUT2D eigenvalue weighted by molar-refractivity contribution is -0.0219. The van der Waals surface area contributed by atoms with Crippen molar-refractivity contribution in [1.82, 2.24) is 10.2 Å². The summed E-state index contributed by atoms with van der Waals surface area (Å²) in [5.41, 5.74) is -0.00985. The van der Waals surface area contributed by atoms with Crippen LogP contribution in [0.2, 0.25) is 5.02 Å². The Morgan fingerprint density at radius 3 is 2.81 bits per heavy atom. The van der Waals surface area contributed by atoms with E-state index >= 15 is 0 Å². The Morgan fingerprint density at radius 1 is 1.43 bits per heavy atom. The maximum absolute atomic E-state index is 13.0. The molecule has 2 rings (SSSR count). The van der Waals surface area contributed by atoms with E-state index < -0.39 is 5.60 Å². The van der Waals surface area contributed by atoms with Crippen LogP contribution in [0.1, 0.15) is 12.5 Å². The van der Waals surface area contributed by atoms with Crippen LogP contribution in [0.5, 0.6) is 0 Å². The minimum absolute atomic E-state index is 0.344. The van der Waals surface area contributed by atoms with Gasteiger partial charge in [0.05, 0.1) is 18.8 Å². The van der Waals surface area contributed by atoms with Crippen LogP contribution in [-0.2, 0) is 11.3 Å². The van der Waals surface area contributed by atoms with E-state index in [1.165, 1.54) is 12.1 Å². The summed E-state index contributed by atoms with van der Waals surface area (Å²) in [6.07, 6.45) is 0. The van der Waals surface area contributed by atoms with Gasteiger partial charge in [-0.3, -0.25) is 4.90 Å². The minimum Gasteiger partial charge on any atom is -0.388 e. The Kier molecular flexibility index (Phi) is 5.96. The Hall–Kier alpha value is -0.720. The summed E-state index contributed by atoms with van der Waals surface area (Å²) in [5, 5.41) is 14.0. The van der Waals surface area contributed by atoms with Crippen LogP contribution in [0.4, 0.5) is 4.39 Å².